The third-order valence-corrected chi connectivity index (χ3v) is 3.79. The summed E-state index contributed by atoms with van der Waals surface area (Å²) in [5, 5.41) is 2.97. The van der Waals surface area contributed by atoms with Crippen LogP contribution in [-0.2, 0) is 11.2 Å². The molecule has 0 aliphatic rings. The minimum Gasteiger partial charge on any atom is -0.494 e. The highest BCUT2D eigenvalue weighted by molar-refractivity contribution is 5.73. The number of amides is 1. The molecule has 2 aromatic carbocycles. The van der Waals surface area contributed by atoms with Gasteiger partial charge in [-0.05, 0) is 68.7 Å². The zero-order valence-corrected chi connectivity index (χ0v) is 16.1. The molecular weight excluding hydrogens is 322 g/mol. The molecule has 0 spiro atoms. The van der Waals surface area contributed by atoms with E-state index in [-0.39, 0.29) is 11.4 Å². The number of nitrogens with one attached hydrogen (secondary N) is 1. The van der Waals surface area contributed by atoms with Crippen LogP contribution in [0, 0.1) is 11.8 Å². The fourth-order valence-electron chi connectivity index (χ4n) is 2.74. The second-order valence-electron chi connectivity index (χ2n) is 7.06. The highest BCUT2D eigenvalue weighted by Crippen LogP contribution is 2.14. The molecule has 2 aromatic rings. The molecule has 0 aliphatic heterocycles. The van der Waals surface area contributed by atoms with Crippen molar-refractivity contribution in [3.8, 4) is 17.6 Å². The van der Waals surface area contributed by atoms with Crippen molar-refractivity contribution in [3.05, 3.63) is 65.2 Å². The van der Waals surface area contributed by atoms with Crippen LogP contribution >= 0.6 is 0 Å². The predicted molar refractivity (Wildman–Crippen MR) is 106 cm³/mol. The number of carbonyl (C=O) groups excluding carboxylic acids is 1. The molecule has 0 atom stereocenters. The van der Waals surface area contributed by atoms with E-state index in [0.29, 0.717) is 0 Å². The van der Waals surface area contributed by atoms with Crippen LogP contribution in [0.4, 0.5) is 0 Å². The molecule has 3 heteroatoms. The average molecular weight is 349 g/mol. The SMILES string of the molecule is CCCOc1ccc(C#Cc2ccc(CC(C)(C)NC(C)=O)cc2)cc1. The van der Waals surface area contributed by atoms with E-state index < -0.39 is 0 Å². The van der Waals surface area contributed by atoms with E-state index in [9.17, 15) is 4.79 Å². The van der Waals surface area contributed by atoms with E-state index in [4.69, 9.17) is 4.74 Å². The molecule has 1 amide bonds. The second kappa shape index (κ2) is 9.10. The van der Waals surface area contributed by atoms with E-state index >= 15 is 0 Å². The Labute approximate surface area is 156 Å². The smallest absolute Gasteiger partial charge is 0.217 e. The van der Waals surface area contributed by atoms with Crippen LogP contribution in [0.2, 0.25) is 0 Å². The van der Waals surface area contributed by atoms with Gasteiger partial charge < -0.3 is 10.1 Å². The molecule has 0 aromatic heterocycles. The van der Waals surface area contributed by atoms with Gasteiger partial charge in [0.1, 0.15) is 5.75 Å². The normalized spacial score (nSPS) is 10.6. The lowest BCUT2D eigenvalue weighted by atomic mass is 9.94. The Bertz CT molecular complexity index is 778. The second-order valence-corrected chi connectivity index (χ2v) is 7.06. The summed E-state index contributed by atoms with van der Waals surface area (Å²) in [5.74, 6) is 7.23. The van der Waals surface area contributed by atoms with E-state index in [1.165, 1.54) is 5.56 Å². The van der Waals surface area contributed by atoms with Gasteiger partial charge in [-0.1, -0.05) is 30.9 Å². The van der Waals surface area contributed by atoms with Crippen molar-refractivity contribution in [2.45, 2.75) is 46.1 Å². The highest BCUT2D eigenvalue weighted by Gasteiger charge is 2.18. The number of ether oxygens (including phenoxy) is 1. The Kier molecular flexibility index (Phi) is 6.86. The van der Waals surface area contributed by atoms with Gasteiger partial charge in [-0.15, -0.1) is 0 Å². The molecule has 1 N–H and O–H groups in total. The predicted octanol–water partition coefficient (Wildman–Crippen LogP) is 4.33. The molecule has 0 saturated heterocycles. The van der Waals surface area contributed by atoms with Crippen molar-refractivity contribution in [1.29, 1.82) is 0 Å². The van der Waals surface area contributed by atoms with Crippen molar-refractivity contribution >= 4 is 5.91 Å². The van der Waals surface area contributed by atoms with Crippen molar-refractivity contribution in [3.63, 3.8) is 0 Å². The fraction of sp³-hybridized carbons (Fsp3) is 0.348. The van der Waals surface area contributed by atoms with Crippen molar-refractivity contribution in [1.82, 2.24) is 5.32 Å². The van der Waals surface area contributed by atoms with Crippen LogP contribution in [-0.4, -0.2) is 18.1 Å². The number of carbonyl (C=O) groups is 1. The molecule has 2 rings (SSSR count). The van der Waals surface area contributed by atoms with E-state index in [1.54, 1.807) is 6.92 Å². The Morgan fingerprint density at radius 3 is 2.04 bits per heavy atom. The summed E-state index contributed by atoms with van der Waals surface area (Å²) in [6.45, 7) is 8.41. The zero-order chi connectivity index (χ0) is 19.0. The average Bonchev–Trinajstić information content (AvgIpc) is 2.59. The minimum absolute atomic E-state index is 0.0106. The molecule has 26 heavy (non-hydrogen) atoms. The van der Waals surface area contributed by atoms with Crippen LogP contribution in [0.5, 0.6) is 5.75 Å². The van der Waals surface area contributed by atoms with E-state index in [1.807, 2.05) is 50.2 Å². The Morgan fingerprint density at radius 2 is 1.54 bits per heavy atom. The summed E-state index contributed by atoms with van der Waals surface area (Å²) < 4.78 is 5.58. The van der Waals surface area contributed by atoms with Gasteiger partial charge in [0.15, 0.2) is 0 Å². The lowest BCUT2D eigenvalue weighted by molar-refractivity contribution is -0.120. The van der Waals surface area contributed by atoms with Gasteiger partial charge in [-0.2, -0.15) is 0 Å². The molecule has 0 fully saturated rings. The Balaban J connectivity index is 1.99. The Hall–Kier alpha value is -2.73. The maximum Gasteiger partial charge on any atom is 0.217 e. The molecule has 136 valence electrons. The summed E-state index contributed by atoms with van der Waals surface area (Å²) in [4.78, 5) is 11.3. The van der Waals surface area contributed by atoms with E-state index in [0.717, 1.165) is 36.3 Å². The Morgan fingerprint density at radius 1 is 1.00 bits per heavy atom. The summed E-state index contributed by atoms with van der Waals surface area (Å²) in [6.07, 6.45) is 1.78. The van der Waals surface area contributed by atoms with Crippen LogP contribution in [0.15, 0.2) is 48.5 Å². The highest BCUT2D eigenvalue weighted by atomic mass is 16.5. The lowest BCUT2D eigenvalue weighted by Crippen LogP contribution is -2.43. The van der Waals surface area contributed by atoms with Crippen LogP contribution in [0.3, 0.4) is 0 Å². The summed E-state index contributed by atoms with van der Waals surface area (Å²) in [5.41, 5.74) is 2.84. The molecule has 0 heterocycles. The van der Waals surface area contributed by atoms with Crippen molar-refractivity contribution < 1.29 is 9.53 Å². The lowest BCUT2D eigenvalue weighted by Gasteiger charge is -2.25. The fourth-order valence-corrected chi connectivity index (χ4v) is 2.74. The molecule has 0 radical (unpaired) electrons. The van der Waals surface area contributed by atoms with Gasteiger partial charge in [0.05, 0.1) is 6.61 Å². The number of rotatable bonds is 6. The van der Waals surface area contributed by atoms with Gasteiger partial charge in [-0.3, -0.25) is 4.79 Å². The summed E-state index contributed by atoms with van der Waals surface area (Å²) in [7, 11) is 0. The first kappa shape index (κ1) is 19.6. The monoisotopic (exact) mass is 349 g/mol. The zero-order valence-electron chi connectivity index (χ0n) is 16.1. The van der Waals surface area contributed by atoms with Gasteiger partial charge >= 0.3 is 0 Å². The van der Waals surface area contributed by atoms with Crippen LogP contribution in [0.1, 0.15) is 50.8 Å². The van der Waals surface area contributed by atoms with Crippen LogP contribution in [0.25, 0.3) is 0 Å². The summed E-state index contributed by atoms with van der Waals surface area (Å²) >= 11 is 0. The largest absolute Gasteiger partial charge is 0.494 e. The third kappa shape index (κ3) is 6.64. The first-order valence-corrected chi connectivity index (χ1v) is 9.00. The van der Waals surface area contributed by atoms with Gasteiger partial charge in [-0.25, -0.2) is 0 Å². The third-order valence-electron chi connectivity index (χ3n) is 3.79. The standard InChI is InChI=1S/C23H27NO2/c1-5-16-26-22-14-12-20(13-15-22)7-6-19-8-10-21(11-9-19)17-23(3,4)24-18(2)25/h8-15H,5,16-17H2,1-4H3,(H,24,25). The first-order valence-electron chi connectivity index (χ1n) is 9.00. The number of hydrogen-bond donors (Lipinski definition) is 1. The quantitative estimate of drug-likeness (QED) is 0.788. The van der Waals surface area contributed by atoms with Gasteiger partial charge in [0, 0.05) is 23.6 Å². The maximum absolute atomic E-state index is 11.3. The first-order chi connectivity index (χ1) is 12.4. The van der Waals surface area contributed by atoms with E-state index in [2.05, 4.69) is 36.2 Å². The van der Waals surface area contributed by atoms with Gasteiger partial charge in [0.25, 0.3) is 0 Å². The molecule has 0 saturated carbocycles. The van der Waals surface area contributed by atoms with Gasteiger partial charge in [0.2, 0.25) is 5.91 Å². The van der Waals surface area contributed by atoms with Crippen molar-refractivity contribution in [2.75, 3.05) is 6.61 Å². The molecule has 0 unspecified atom stereocenters. The topological polar surface area (TPSA) is 38.3 Å². The number of benzene rings is 2. The molecular formula is C23H27NO2. The minimum atomic E-state index is -0.263. The molecule has 0 bridgehead atoms. The van der Waals surface area contributed by atoms with Crippen LogP contribution < -0.4 is 10.1 Å². The molecule has 3 nitrogen and oxygen atoms in total. The summed E-state index contributed by atoms with van der Waals surface area (Å²) in [6, 6.07) is 16.0. The maximum atomic E-state index is 11.3. The van der Waals surface area contributed by atoms with Crippen molar-refractivity contribution in [2.24, 2.45) is 0 Å². The molecule has 0 aliphatic carbocycles. The number of hydrogen-bond acceptors (Lipinski definition) is 2.